The van der Waals surface area contributed by atoms with Gasteiger partial charge in [-0.25, -0.2) is 9.78 Å². The summed E-state index contributed by atoms with van der Waals surface area (Å²) in [6.07, 6.45) is 1.47. The second-order valence-electron chi connectivity index (χ2n) is 8.46. The first-order valence-electron chi connectivity index (χ1n) is 11.9. The fraction of sp³-hybridized carbons (Fsp3) is 0.259. The molecule has 0 radical (unpaired) electrons. The predicted molar refractivity (Wildman–Crippen MR) is 152 cm³/mol. The van der Waals surface area contributed by atoms with Gasteiger partial charge >= 0.3 is 5.97 Å². The quantitative estimate of drug-likeness (QED) is 0.116. The van der Waals surface area contributed by atoms with E-state index in [1.54, 1.807) is 13.2 Å². The van der Waals surface area contributed by atoms with Gasteiger partial charge in [0, 0.05) is 30.4 Å². The Bertz CT molecular complexity index is 1410. The fourth-order valence-electron chi connectivity index (χ4n) is 3.97. The van der Waals surface area contributed by atoms with Crippen molar-refractivity contribution in [3.63, 3.8) is 0 Å². The second kappa shape index (κ2) is 13.3. The number of anilines is 1. The highest BCUT2D eigenvalue weighted by atomic mass is 127. The average Bonchev–Trinajstić information content (AvgIpc) is 3.25. The normalized spacial score (nSPS) is 11.0. The first kappa shape index (κ1) is 27.5. The van der Waals surface area contributed by atoms with Crippen LogP contribution in [0.3, 0.4) is 0 Å². The fourth-order valence-corrected chi connectivity index (χ4v) is 4.29. The number of benzene rings is 2. The molecule has 0 fully saturated rings. The molecule has 2 aromatic heterocycles. The third-order valence-electron chi connectivity index (χ3n) is 5.80. The molecule has 0 saturated carbocycles. The van der Waals surface area contributed by atoms with Crippen LogP contribution in [0.4, 0.5) is 5.69 Å². The van der Waals surface area contributed by atoms with Crippen molar-refractivity contribution in [2.24, 2.45) is 0 Å². The number of alkyl halides is 1. The number of nitrogens with zero attached hydrogens (tertiary/aromatic N) is 3. The van der Waals surface area contributed by atoms with Crippen LogP contribution in [0.15, 0.2) is 60.8 Å². The molecule has 0 unspecified atom stereocenters. The Balaban J connectivity index is 1.55. The SMILES string of the molecule is COc1ccc(Cn2nc(CNCCOCI)c3ccc(CC(=O)Nc4ccnc(C(=O)O)c4)cc32)cc1. The summed E-state index contributed by atoms with van der Waals surface area (Å²) in [7, 11) is 1.64. The standard InChI is InChI=1S/C27H28IN5O5/c1-37-21-5-2-18(3-6-21)16-33-25-12-19(4-7-22(25)24(32-33)15-29-10-11-38-17-28)13-26(34)31-20-8-9-30-23(14-20)27(35)36/h2-9,12,14,29H,10-11,13,15-17H2,1H3,(H,35,36)(H,30,31,34). The number of carboxylic acids is 1. The molecule has 11 heteroatoms. The number of carbonyl (C=O) groups is 2. The van der Waals surface area contributed by atoms with Crippen molar-refractivity contribution < 1.29 is 24.2 Å². The molecule has 0 atom stereocenters. The molecular weight excluding hydrogens is 601 g/mol. The van der Waals surface area contributed by atoms with Crippen LogP contribution in [0.5, 0.6) is 5.75 Å². The zero-order valence-corrected chi connectivity index (χ0v) is 23.0. The van der Waals surface area contributed by atoms with Crippen molar-refractivity contribution in [3.05, 3.63) is 83.3 Å². The first-order valence-corrected chi connectivity index (χ1v) is 13.4. The number of hydrogen-bond donors (Lipinski definition) is 3. The van der Waals surface area contributed by atoms with E-state index in [1.807, 2.05) is 47.1 Å². The highest BCUT2D eigenvalue weighted by Gasteiger charge is 2.14. The van der Waals surface area contributed by atoms with Gasteiger partial charge in [0.05, 0.1) is 42.5 Å². The first-order chi connectivity index (χ1) is 18.5. The lowest BCUT2D eigenvalue weighted by Gasteiger charge is -2.08. The molecule has 4 rings (SSSR count). The zero-order chi connectivity index (χ0) is 26.9. The summed E-state index contributed by atoms with van der Waals surface area (Å²) in [5.41, 5.74) is 3.97. The van der Waals surface area contributed by atoms with Gasteiger partial charge in [0.2, 0.25) is 5.91 Å². The van der Waals surface area contributed by atoms with Crippen molar-refractivity contribution >= 4 is 51.1 Å². The predicted octanol–water partition coefficient (Wildman–Crippen LogP) is 3.87. The van der Waals surface area contributed by atoms with Gasteiger partial charge in [-0.1, -0.05) is 46.9 Å². The number of methoxy groups -OCH3 is 1. The summed E-state index contributed by atoms with van der Waals surface area (Å²) >= 11 is 2.17. The monoisotopic (exact) mass is 629 g/mol. The third kappa shape index (κ3) is 7.27. The molecule has 0 aliphatic carbocycles. The van der Waals surface area contributed by atoms with E-state index in [4.69, 9.17) is 19.7 Å². The summed E-state index contributed by atoms with van der Waals surface area (Å²) < 4.78 is 13.3. The van der Waals surface area contributed by atoms with Crippen LogP contribution >= 0.6 is 22.6 Å². The van der Waals surface area contributed by atoms with Crippen molar-refractivity contribution in [1.82, 2.24) is 20.1 Å². The number of aromatic carboxylic acids is 1. The molecule has 0 aliphatic rings. The van der Waals surface area contributed by atoms with E-state index in [-0.39, 0.29) is 18.0 Å². The molecule has 10 nitrogen and oxygen atoms in total. The van der Waals surface area contributed by atoms with E-state index in [2.05, 4.69) is 38.2 Å². The molecule has 4 aromatic rings. The molecule has 38 heavy (non-hydrogen) atoms. The lowest BCUT2D eigenvalue weighted by molar-refractivity contribution is -0.115. The maximum Gasteiger partial charge on any atom is 0.354 e. The largest absolute Gasteiger partial charge is 0.497 e. The minimum Gasteiger partial charge on any atom is -0.497 e. The molecule has 1 amide bonds. The highest BCUT2D eigenvalue weighted by Crippen LogP contribution is 2.23. The van der Waals surface area contributed by atoms with Crippen LogP contribution in [-0.4, -0.2) is 56.6 Å². The van der Waals surface area contributed by atoms with Crippen LogP contribution in [-0.2, 0) is 29.0 Å². The van der Waals surface area contributed by atoms with E-state index in [0.29, 0.717) is 36.5 Å². The lowest BCUT2D eigenvalue weighted by atomic mass is 10.1. The van der Waals surface area contributed by atoms with E-state index in [0.717, 1.165) is 33.5 Å². The van der Waals surface area contributed by atoms with Crippen molar-refractivity contribution in [2.45, 2.75) is 19.5 Å². The Morgan fingerprint density at radius 1 is 1.08 bits per heavy atom. The minimum atomic E-state index is -1.15. The van der Waals surface area contributed by atoms with E-state index >= 15 is 0 Å². The zero-order valence-electron chi connectivity index (χ0n) is 20.8. The van der Waals surface area contributed by atoms with Crippen molar-refractivity contribution in [2.75, 3.05) is 30.2 Å². The molecule has 0 spiro atoms. The van der Waals surface area contributed by atoms with Gasteiger partial charge in [-0.3, -0.25) is 9.48 Å². The van der Waals surface area contributed by atoms with Crippen molar-refractivity contribution in [3.8, 4) is 5.75 Å². The van der Waals surface area contributed by atoms with Gasteiger partial charge in [0.25, 0.3) is 0 Å². The second-order valence-corrected chi connectivity index (χ2v) is 9.08. The van der Waals surface area contributed by atoms with E-state index in [9.17, 15) is 9.59 Å². The van der Waals surface area contributed by atoms with Crippen LogP contribution in [0.2, 0.25) is 0 Å². The Kier molecular flexibility index (Phi) is 9.62. The van der Waals surface area contributed by atoms with E-state index < -0.39 is 5.97 Å². The number of carboxylic acid groups (broad SMARTS) is 1. The van der Waals surface area contributed by atoms with Crippen LogP contribution in [0, 0.1) is 0 Å². The molecule has 2 aromatic carbocycles. The Hall–Kier alpha value is -3.55. The number of amides is 1. The van der Waals surface area contributed by atoms with Gasteiger partial charge < -0.3 is 25.2 Å². The maximum absolute atomic E-state index is 12.7. The van der Waals surface area contributed by atoms with Crippen LogP contribution < -0.4 is 15.4 Å². The lowest BCUT2D eigenvalue weighted by Crippen LogP contribution is -2.19. The summed E-state index contributed by atoms with van der Waals surface area (Å²) in [5, 5.41) is 21.1. The minimum absolute atomic E-state index is 0.121. The topological polar surface area (TPSA) is 128 Å². The Morgan fingerprint density at radius 2 is 1.87 bits per heavy atom. The number of hydrogen-bond acceptors (Lipinski definition) is 7. The summed E-state index contributed by atoms with van der Waals surface area (Å²) in [6.45, 7) is 2.48. The number of carbonyl (C=O) groups excluding carboxylic acids is 1. The maximum atomic E-state index is 12.7. The number of fused-ring (bicyclic) bond motifs is 1. The smallest absolute Gasteiger partial charge is 0.354 e. The summed E-state index contributed by atoms with van der Waals surface area (Å²) in [4.78, 5) is 27.7. The molecule has 3 N–H and O–H groups in total. The number of ether oxygens (including phenoxy) is 2. The number of nitrogens with one attached hydrogen (secondary N) is 2. The van der Waals surface area contributed by atoms with Gasteiger partial charge in [-0.15, -0.1) is 0 Å². The van der Waals surface area contributed by atoms with Gasteiger partial charge in [-0.2, -0.15) is 5.10 Å². The van der Waals surface area contributed by atoms with Gasteiger partial charge in [0.15, 0.2) is 0 Å². The molecule has 198 valence electrons. The number of halogens is 1. The Labute approximate surface area is 233 Å². The number of rotatable bonds is 13. The summed E-state index contributed by atoms with van der Waals surface area (Å²) in [5.74, 6) is -0.625. The van der Waals surface area contributed by atoms with Gasteiger partial charge in [0.1, 0.15) is 11.4 Å². The number of aromatic nitrogens is 3. The van der Waals surface area contributed by atoms with Gasteiger partial charge in [-0.05, 0) is 41.5 Å². The molecule has 0 bridgehead atoms. The van der Waals surface area contributed by atoms with E-state index in [1.165, 1.54) is 12.3 Å². The molecule has 2 heterocycles. The summed E-state index contributed by atoms with van der Waals surface area (Å²) in [6, 6.07) is 16.6. The molecular formula is C27H28IN5O5. The number of pyridine rings is 1. The van der Waals surface area contributed by atoms with Crippen molar-refractivity contribution in [1.29, 1.82) is 0 Å². The Morgan fingerprint density at radius 3 is 2.61 bits per heavy atom. The molecule has 0 aliphatic heterocycles. The average molecular weight is 629 g/mol. The van der Waals surface area contributed by atoms with Crippen LogP contribution in [0.25, 0.3) is 10.9 Å². The highest BCUT2D eigenvalue weighted by molar-refractivity contribution is 14.1. The molecule has 0 saturated heterocycles. The third-order valence-corrected chi connectivity index (χ3v) is 6.24. The van der Waals surface area contributed by atoms with Crippen LogP contribution in [0.1, 0.15) is 27.3 Å².